The van der Waals surface area contributed by atoms with Gasteiger partial charge in [-0.2, -0.15) is 5.10 Å². The molecule has 0 saturated carbocycles. The molecular formula is C19H20N4O2. The number of carbonyl (C=O) groups excluding carboxylic acids is 2. The Morgan fingerprint density at radius 2 is 1.80 bits per heavy atom. The van der Waals surface area contributed by atoms with Crippen molar-refractivity contribution >= 4 is 23.2 Å². The number of para-hydroxylation sites is 1. The summed E-state index contributed by atoms with van der Waals surface area (Å²) >= 11 is 0. The summed E-state index contributed by atoms with van der Waals surface area (Å²) in [5, 5.41) is 5.62. The monoisotopic (exact) mass is 336 g/mol. The third-order valence-corrected chi connectivity index (χ3v) is 3.73. The molecule has 0 unspecified atom stereocenters. The van der Waals surface area contributed by atoms with Crippen LogP contribution in [0.25, 0.3) is 0 Å². The van der Waals surface area contributed by atoms with Gasteiger partial charge in [0.05, 0.1) is 5.69 Å². The summed E-state index contributed by atoms with van der Waals surface area (Å²) in [4.78, 5) is 29.6. The second-order valence-corrected chi connectivity index (χ2v) is 6.04. The summed E-state index contributed by atoms with van der Waals surface area (Å²) in [5.41, 5.74) is 1.58. The van der Waals surface area contributed by atoms with Gasteiger partial charge in [-0.15, -0.1) is 0 Å². The van der Waals surface area contributed by atoms with E-state index in [4.69, 9.17) is 0 Å². The van der Waals surface area contributed by atoms with Gasteiger partial charge < -0.3 is 0 Å². The summed E-state index contributed by atoms with van der Waals surface area (Å²) in [6, 6.07) is 14.6. The van der Waals surface area contributed by atoms with Gasteiger partial charge in [-0.3, -0.25) is 19.1 Å². The van der Waals surface area contributed by atoms with Crippen LogP contribution in [0.5, 0.6) is 0 Å². The Balaban J connectivity index is 1.99. The van der Waals surface area contributed by atoms with E-state index in [1.165, 1.54) is 9.58 Å². The van der Waals surface area contributed by atoms with Gasteiger partial charge in [0, 0.05) is 25.1 Å². The number of anilines is 1. The second-order valence-electron chi connectivity index (χ2n) is 6.04. The normalized spacial score (nSPS) is 15.5. The zero-order valence-electron chi connectivity index (χ0n) is 14.3. The summed E-state index contributed by atoms with van der Waals surface area (Å²) in [6.07, 6.45) is 2.25. The molecule has 1 amide bonds. The fraction of sp³-hybridized carbons (Fsp3) is 0.263. The zero-order chi connectivity index (χ0) is 17.8. The molecule has 0 N–H and O–H groups in total. The molecule has 0 radical (unpaired) electrons. The molecular weight excluding hydrogens is 316 g/mol. The average molecular weight is 336 g/mol. The summed E-state index contributed by atoms with van der Waals surface area (Å²) in [7, 11) is 0. The van der Waals surface area contributed by atoms with E-state index in [0.29, 0.717) is 23.3 Å². The molecule has 6 heteroatoms. The van der Waals surface area contributed by atoms with Gasteiger partial charge in [-0.25, -0.2) is 5.01 Å². The van der Waals surface area contributed by atoms with E-state index in [2.05, 4.69) is 10.1 Å². The van der Waals surface area contributed by atoms with Crippen molar-refractivity contribution in [1.82, 2.24) is 4.57 Å². The number of hydrogen-bond acceptors (Lipinski definition) is 4. The molecule has 1 aromatic heterocycles. The first-order valence-electron chi connectivity index (χ1n) is 8.28. The molecule has 2 aromatic rings. The number of pyridine rings is 1. The quantitative estimate of drug-likeness (QED) is 0.865. The number of amides is 1. The van der Waals surface area contributed by atoms with Crippen molar-refractivity contribution < 1.29 is 9.59 Å². The van der Waals surface area contributed by atoms with Gasteiger partial charge in [0.1, 0.15) is 11.2 Å². The maximum Gasteiger partial charge on any atom is 0.279 e. The number of benzene rings is 1. The molecule has 2 heterocycles. The SMILES string of the molecule is CC(C)N=c1ccccn1C(=O)C1=NN(c2ccccc2)C(=O)CC1. The van der Waals surface area contributed by atoms with E-state index in [1.807, 2.05) is 38.1 Å². The Bertz CT molecular complexity index is 882. The molecule has 6 nitrogen and oxygen atoms in total. The lowest BCUT2D eigenvalue weighted by atomic mass is 10.1. The molecule has 128 valence electrons. The van der Waals surface area contributed by atoms with E-state index in [1.54, 1.807) is 30.5 Å². The van der Waals surface area contributed by atoms with Gasteiger partial charge in [-0.05, 0) is 38.1 Å². The first-order valence-corrected chi connectivity index (χ1v) is 8.28. The van der Waals surface area contributed by atoms with Crippen molar-refractivity contribution in [1.29, 1.82) is 0 Å². The van der Waals surface area contributed by atoms with Crippen LogP contribution >= 0.6 is 0 Å². The standard InChI is InChI=1S/C19H20N4O2/c1-14(2)20-17-10-6-7-13-22(17)19(25)16-11-12-18(24)23(21-16)15-8-4-3-5-9-15/h3-10,13-14H,11-12H2,1-2H3. The van der Waals surface area contributed by atoms with Crippen LogP contribution in [-0.2, 0) is 4.79 Å². The van der Waals surface area contributed by atoms with Gasteiger partial charge in [-0.1, -0.05) is 24.3 Å². The van der Waals surface area contributed by atoms with Crippen LogP contribution in [0.15, 0.2) is 64.8 Å². The fourth-order valence-corrected chi connectivity index (χ4v) is 2.59. The molecule has 1 aromatic carbocycles. The van der Waals surface area contributed by atoms with Crippen molar-refractivity contribution in [3.8, 4) is 0 Å². The van der Waals surface area contributed by atoms with Crippen molar-refractivity contribution in [2.24, 2.45) is 10.1 Å². The summed E-state index contributed by atoms with van der Waals surface area (Å²) < 4.78 is 1.48. The Morgan fingerprint density at radius 1 is 1.08 bits per heavy atom. The number of hydrogen-bond donors (Lipinski definition) is 0. The molecule has 3 rings (SSSR count). The highest BCUT2D eigenvalue weighted by atomic mass is 16.2. The first kappa shape index (κ1) is 16.8. The van der Waals surface area contributed by atoms with Crippen molar-refractivity contribution in [3.05, 3.63) is 60.2 Å². The highest BCUT2D eigenvalue weighted by Gasteiger charge is 2.26. The van der Waals surface area contributed by atoms with Gasteiger partial charge >= 0.3 is 0 Å². The van der Waals surface area contributed by atoms with Crippen molar-refractivity contribution in [3.63, 3.8) is 0 Å². The van der Waals surface area contributed by atoms with Crippen molar-refractivity contribution in [2.45, 2.75) is 32.7 Å². The minimum absolute atomic E-state index is 0.0668. The van der Waals surface area contributed by atoms with Crippen LogP contribution < -0.4 is 10.5 Å². The Labute approximate surface area is 146 Å². The number of rotatable bonds is 3. The fourth-order valence-electron chi connectivity index (χ4n) is 2.59. The maximum atomic E-state index is 12.9. The van der Waals surface area contributed by atoms with Gasteiger partial charge in [0.15, 0.2) is 0 Å². The molecule has 0 bridgehead atoms. The predicted octanol–water partition coefficient (Wildman–Crippen LogP) is 2.62. The predicted molar refractivity (Wildman–Crippen MR) is 96.4 cm³/mol. The van der Waals surface area contributed by atoms with Crippen molar-refractivity contribution in [2.75, 3.05) is 5.01 Å². The molecule has 1 aliphatic rings. The van der Waals surface area contributed by atoms with Crippen LogP contribution in [0.1, 0.15) is 31.5 Å². The third-order valence-electron chi connectivity index (χ3n) is 3.73. The van der Waals surface area contributed by atoms with Gasteiger partial charge in [0.25, 0.3) is 5.91 Å². The molecule has 0 fully saturated rings. The lowest BCUT2D eigenvalue weighted by Crippen LogP contribution is -2.39. The molecule has 1 aliphatic heterocycles. The second kappa shape index (κ2) is 7.25. The number of carbonyl (C=O) groups is 2. The smallest absolute Gasteiger partial charge is 0.273 e. The lowest BCUT2D eigenvalue weighted by molar-refractivity contribution is -0.118. The summed E-state index contributed by atoms with van der Waals surface area (Å²) in [6.45, 7) is 3.91. The van der Waals surface area contributed by atoms with Crippen LogP contribution in [0.2, 0.25) is 0 Å². The van der Waals surface area contributed by atoms with Crippen LogP contribution in [0.3, 0.4) is 0 Å². The van der Waals surface area contributed by atoms with E-state index < -0.39 is 0 Å². The van der Waals surface area contributed by atoms with E-state index in [-0.39, 0.29) is 24.3 Å². The zero-order valence-corrected chi connectivity index (χ0v) is 14.3. The highest BCUT2D eigenvalue weighted by Crippen LogP contribution is 2.20. The van der Waals surface area contributed by atoms with Crippen LogP contribution in [0, 0.1) is 0 Å². The topological polar surface area (TPSA) is 67.0 Å². The molecule has 25 heavy (non-hydrogen) atoms. The van der Waals surface area contributed by atoms with E-state index >= 15 is 0 Å². The molecule has 0 saturated heterocycles. The molecule has 0 spiro atoms. The first-order chi connectivity index (χ1) is 12.1. The number of aromatic nitrogens is 1. The van der Waals surface area contributed by atoms with E-state index in [9.17, 15) is 9.59 Å². The van der Waals surface area contributed by atoms with Crippen LogP contribution in [-0.4, -0.2) is 28.1 Å². The van der Waals surface area contributed by atoms with E-state index in [0.717, 1.165) is 0 Å². The maximum absolute atomic E-state index is 12.9. The Morgan fingerprint density at radius 3 is 2.52 bits per heavy atom. The minimum atomic E-state index is -0.256. The molecule has 0 atom stereocenters. The minimum Gasteiger partial charge on any atom is -0.273 e. The Hall–Kier alpha value is -3.02. The Kier molecular flexibility index (Phi) is 4.88. The molecule has 0 aliphatic carbocycles. The third kappa shape index (κ3) is 3.74. The summed E-state index contributed by atoms with van der Waals surface area (Å²) in [5.74, 6) is -0.374. The highest BCUT2D eigenvalue weighted by molar-refractivity contribution is 6.40. The lowest BCUT2D eigenvalue weighted by Gasteiger charge is -2.23. The number of nitrogens with zero attached hydrogens (tertiary/aromatic N) is 4. The van der Waals surface area contributed by atoms with Gasteiger partial charge in [0.2, 0.25) is 5.91 Å². The van der Waals surface area contributed by atoms with Crippen LogP contribution in [0.4, 0.5) is 5.69 Å². The average Bonchev–Trinajstić information content (AvgIpc) is 2.62. The number of hydrazone groups is 1. The largest absolute Gasteiger partial charge is 0.279 e.